The summed E-state index contributed by atoms with van der Waals surface area (Å²) in [5.41, 5.74) is 1.05. The van der Waals surface area contributed by atoms with Crippen LogP contribution in [0, 0.1) is 0 Å². The summed E-state index contributed by atoms with van der Waals surface area (Å²) in [7, 11) is -3.22. The molecule has 0 fully saturated rings. The van der Waals surface area contributed by atoms with Gasteiger partial charge in [-0.1, -0.05) is 35.9 Å². The second-order valence-corrected chi connectivity index (χ2v) is 8.33. The molecular weight excluding hydrogens is 378 g/mol. The Labute approximate surface area is 157 Å². The number of ether oxygens (including phenoxy) is 1. The van der Waals surface area contributed by atoms with Crippen LogP contribution in [-0.2, 0) is 25.1 Å². The van der Waals surface area contributed by atoms with Gasteiger partial charge in [-0.3, -0.25) is 4.79 Å². The first-order chi connectivity index (χ1) is 12.2. The van der Waals surface area contributed by atoms with Crippen LogP contribution >= 0.6 is 11.6 Å². The number of anilines is 1. The number of hydrogen-bond donors (Lipinski definition) is 1. The van der Waals surface area contributed by atoms with Crippen LogP contribution in [0.3, 0.4) is 0 Å². The van der Waals surface area contributed by atoms with Gasteiger partial charge >= 0.3 is 5.97 Å². The van der Waals surface area contributed by atoms with E-state index in [0.717, 1.165) is 6.26 Å². The summed E-state index contributed by atoms with van der Waals surface area (Å²) in [4.78, 5) is 24.4. The molecule has 26 heavy (non-hydrogen) atoms. The maximum Gasteiger partial charge on any atom is 0.338 e. The molecule has 0 saturated heterocycles. The molecule has 1 amide bonds. The summed E-state index contributed by atoms with van der Waals surface area (Å²) in [6.45, 7) is 1.43. The number of rotatable bonds is 6. The molecule has 2 aromatic carbocycles. The summed E-state index contributed by atoms with van der Waals surface area (Å²) < 4.78 is 27.9. The highest BCUT2D eigenvalue weighted by Crippen LogP contribution is 2.21. The molecule has 0 aromatic heterocycles. The lowest BCUT2D eigenvalue weighted by molar-refractivity contribution is -0.123. The maximum absolute atomic E-state index is 12.2. The molecule has 0 heterocycles. The van der Waals surface area contributed by atoms with Crippen LogP contribution in [-0.4, -0.2) is 32.7 Å². The quantitative estimate of drug-likeness (QED) is 0.759. The van der Waals surface area contributed by atoms with Crippen LogP contribution < -0.4 is 5.32 Å². The second kappa shape index (κ2) is 8.33. The van der Waals surface area contributed by atoms with Gasteiger partial charge in [-0.25, -0.2) is 13.2 Å². The fourth-order valence-electron chi connectivity index (χ4n) is 2.17. The first kappa shape index (κ1) is 19.9. The topological polar surface area (TPSA) is 89.5 Å². The highest BCUT2D eigenvalue weighted by molar-refractivity contribution is 7.89. The van der Waals surface area contributed by atoms with E-state index in [0.29, 0.717) is 16.3 Å². The van der Waals surface area contributed by atoms with Crippen molar-refractivity contribution >= 4 is 39.0 Å². The van der Waals surface area contributed by atoms with Crippen molar-refractivity contribution < 1.29 is 22.7 Å². The van der Waals surface area contributed by atoms with Gasteiger partial charge in [0.25, 0.3) is 5.91 Å². The van der Waals surface area contributed by atoms with Crippen LogP contribution in [0.4, 0.5) is 5.69 Å². The molecule has 2 rings (SSSR count). The van der Waals surface area contributed by atoms with E-state index in [9.17, 15) is 18.0 Å². The third kappa shape index (κ3) is 5.86. The number of carbonyl (C=O) groups excluding carboxylic acids is 2. The van der Waals surface area contributed by atoms with Crippen LogP contribution in [0.1, 0.15) is 22.8 Å². The lowest BCUT2D eigenvalue weighted by atomic mass is 10.1. The van der Waals surface area contributed by atoms with Gasteiger partial charge in [0.05, 0.1) is 22.0 Å². The van der Waals surface area contributed by atoms with Crippen molar-refractivity contribution in [2.24, 2.45) is 0 Å². The number of para-hydroxylation sites is 1. The third-order valence-corrected chi connectivity index (χ3v) is 4.56. The fraction of sp³-hybridized carbons (Fsp3) is 0.222. The van der Waals surface area contributed by atoms with Crippen molar-refractivity contribution in [3.05, 3.63) is 64.7 Å². The van der Waals surface area contributed by atoms with Crippen molar-refractivity contribution in [3.8, 4) is 0 Å². The number of nitrogens with one attached hydrogen (secondary N) is 1. The van der Waals surface area contributed by atoms with Gasteiger partial charge in [0.15, 0.2) is 15.9 Å². The predicted molar refractivity (Wildman–Crippen MR) is 99.9 cm³/mol. The number of carbonyl (C=O) groups is 2. The Kier molecular flexibility index (Phi) is 6.39. The molecule has 0 unspecified atom stereocenters. The minimum absolute atomic E-state index is 0.170. The van der Waals surface area contributed by atoms with E-state index < -0.39 is 27.8 Å². The Balaban J connectivity index is 2.03. The van der Waals surface area contributed by atoms with E-state index in [-0.39, 0.29) is 11.3 Å². The smallest absolute Gasteiger partial charge is 0.338 e. The zero-order valence-corrected chi connectivity index (χ0v) is 15.8. The van der Waals surface area contributed by atoms with E-state index >= 15 is 0 Å². The van der Waals surface area contributed by atoms with Gasteiger partial charge in [-0.05, 0) is 36.8 Å². The minimum Gasteiger partial charge on any atom is -0.449 e. The number of sulfone groups is 1. The Morgan fingerprint density at radius 2 is 1.85 bits per heavy atom. The molecule has 0 aliphatic carbocycles. The molecule has 1 N–H and O–H groups in total. The van der Waals surface area contributed by atoms with Crippen molar-refractivity contribution in [1.82, 2.24) is 0 Å². The Hall–Kier alpha value is -2.38. The lowest BCUT2D eigenvalue weighted by Crippen LogP contribution is -2.30. The number of hydrogen-bond acceptors (Lipinski definition) is 5. The van der Waals surface area contributed by atoms with Crippen molar-refractivity contribution in [2.75, 3.05) is 11.6 Å². The molecular formula is C18H18ClNO5S. The molecule has 0 saturated carbocycles. The molecule has 0 aliphatic rings. The van der Waals surface area contributed by atoms with Gasteiger partial charge in [0.2, 0.25) is 0 Å². The van der Waals surface area contributed by atoms with Crippen molar-refractivity contribution in [1.29, 1.82) is 0 Å². The SMILES string of the molecule is C[C@H](OC(=O)c1cccc(CS(C)(=O)=O)c1)C(=O)Nc1ccccc1Cl. The normalized spacial score (nSPS) is 12.3. The number of halogens is 1. The van der Waals surface area contributed by atoms with E-state index in [1.54, 1.807) is 36.4 Å². The lowest BCUT2D eigenvalue weighted by Gasteiger charge is -2.14. The summed E-state index contributed by atoms with van der Waals surface area (Å²) in [5.74, 6) is -1.43. The maximum atomic E-state index is 12.2. The third-order valence-electron chi connectivity index (χ3n) is 3.38. The summed E-state index contributed by atoms with van der Waals surface area (Å²) in [6, 6.07) is 12.8. The molecule has 1 atom stereocenters. The minimum atomic E-state index is -3.22. The van der Waals surface area contributed by atoms with Crippen LogP contribution in [0.15, 0.2) is 48.5 Å². The van der Waals surface area contributed by atoms with E-state index in [1.807, 2.05) is 0 Å². The van der Waals surface area contributed by atoms with Crippen LogP contribution in [0.5, 0.6) is 0 Å². The number of benzene rings is 2. The largest absolute Gasteiger partial charge is 0.449 e. The second-order valence-electron chi connectivity index (χ2n) is 5.79. The van der Waals surface area contributed by atoms with Gasteiger partial charge in [0, 0.05) is 6.26 Å². The van der Waals surface area contributed by atoms with Gasteiger partial charge in [-0.15, -0.1) is 0 Å². The van der Waals surface area contributed by atoms with Gasteiger partial charge < -0.3 is 10.1 Å². The molecule has 6 nitrogen and oxygen atoms in total. The first-order valence-electron chi connectivity index (χ1n) is 7.69. The van der Waals surface area contributed by atoms with E-state index in [1.165, 1.54) is 19.1 Å². The molecule has 0 spiro atoms. The van der Waals surface area contributed by atoms with E-state index in [4.69, 9.17) is 16.3 Å². The number of esters is 1. The first-order valence-corrected chi connectivity index (χ1v) is 10.1. The fourth-order valence-corrected chi connectivity index (χ4v) is 3.14. The summed E-state index contributed by atoms with van der Waals surface area (Å²) in [6.07, 6.45) is 0.0522. The summed E-state index contributed by atoms with van der Waals surface area (Å²) >= 11 is 5.97. The van der Waals surface area contributed by atoms with Crippen LogP contribution in [0.25, 0.3) is 0 Å². The molecule has 0 bridgehead atoms. The van der Waals surface area contributed by atoms with E-state index in [2.05, 4.69) is 5.32 Å². The van der Waals surface area contributed by atoms with Gasteiger partial charge in [-0.2, -0.15) is 0 Å². The highest BCUT2D eigenvalue weighted by atomic mass is 35.5. The Morgan fingerprint density at radius 1 is 1.15 bits per heavy atom. The average molecular weight is 396 g/mol. The molecule has 138 valence electrons. The van der Waals surface area contributed by atoms with Crippen molar-refractivity contribution in [2.45, 2.75) is 18.8 Å². The zero-order chi connectivity index (χ0) is 19.3. The predicted octanol–water partition coefficient (Wildman–Crippen LogP) is 3.07. The summed E-state index contributed by atoms with van der Waals surface area (Å²) in [5, 5.41) is 2.95. The molecule has 0 aliphatic heterocycles. The molecule has 0 radical (unpaired) electrons. The van der Waals surface area contributed by atoms with Gasteiger partial charge in [0.1, 0.15) is 0 Å². The van der Waals surface area contributed by atoms with Crippen LogP contribution in [0.2, 0.25) is 5.02 Å². The van der Waals surface area contributed by atoms with Crippen molar-refractivity contribution in [3.63, 3.8) is 0 Å². The Bertz CT molecular complexity index is 927. The average Bonchev–Trinajstić information content (AvgIpc) is 2.55. The zero-order valence-electron chi connectivity index (χ0n) is 14.2. The Morgan fingerprint density at radius 3 is 2.50 bits per heavy atom. The highest BCUT2D eigenvalue weighted by Gasteiger charge is 2.20. The molecule has 8 heteroatoms. The molecule has 2 aromatic rings. The standard InChI is InChI=1S/C18H18ClNO5S/c1-12(17(21)20-16-9-4-3-8-15(16)19)25-18(22)14-7-5-6-13(10-14)11-26(2,23)24/h3-10,12H,11H2,1-2H3,(H,20,21)/t12-/m0/s1. The number of amides is 1. The monoisotopic (exact) mass is 395 g/mol.